The van der Waals surface area contributed by atoms with Gasteiger partial charge in [-0.05, 0) is 55.2 Å². The fraction of sp³-hybridized carbons (Fsp3) is 0.417. The van der Waals surface area contributed by atoms with Crippen molar-refractivity contribution in [2.75, 3.05) is 25.6 Å². The van der Waals surface area contributed by atoms with Gasteiger partial charge in [0.15, 0.2) is 5.84 Å². The molecule has 1 atom stereocenters. The van der Waals surface area contributed by atoms with Crippen molar-refractivity contribution in [2.24, 2.45) is 5.84 Å². The largest absolute Gasteiger partial charge is 0.496 e. The predicted molar refractivity (Wildman–Crippen MR) is 129 cm³/mol. The highest BCUT2D eigenvalue weighted by Crippen LogP contribution is 2.29. The Hall–Kier alpha value is -3.50. The molecule has 0 saturated heterocycles. The third-order valence-corrected chi connectivity index (χ3v) is 5.83. The van der Waals surface area contributed by atoms with Gasteiger partial charge in [0.2, 0.25) is 5.91 Å². The zero-order chi connectivity index (χ0) is 24.8. The Morgan fingerprint density at radius 1 is 1.35 bits per heavy atom. The summed E-state index contributed by atoms with van der Waals surface area (Å²) >= 11 is 0. The summed E-state index contributed by atoms with van der Waals surface area (Å²) in [6.07, 6.45) is 2.01. The average molecular weight is 469 g/mol. The zero-order valence-electron chi connectivity index (χ0n) is 19.8. The molecule has 0 bridgehead atoms. The molecular weight excluding hydrogens is 436 g/mol. The molecular formula is C24H32N6O4. The lowest BCUT2D eigenvalue weighted by atomic mass is 9.96. The third-order valence-electron chi connectivity index (χ3n) is 5.83. The number of anilines is 1. The van der Waals surface area contributed by atoms with Crippen LogP contribution in [0.3, 0.4) is 0 Å². The van der Waals surface area contributed by atoms with Crippen LogP contribution in [0.2, 0.25) is 0 Å². The number of nitrogens with zero attached hydrogens (tertiary/aromatic N) is 3. The Balaban J connectivity index is 1.82. The van der Waals surface area contributed by atoms with Crippen LogP contribution in [0.1, 0.15) is 53.9 Å². The van der Waals surface area contributed by atoms with E-state index in [4.69, 9.17) is 16.0 Å². The number of benzene rings is 1. The van der Waals surface area contributed by atoms with Gasteiger partial charge in [0.05, 0.1) is 25.3 Å². The molecule has 10 heteroatoms. The second kappa shape index (κ2) is 11.1. The summed E-state index contributed by atoms with van der Waals surface area (Å²) in [5.41, 5.74) is 2.57. The van der Waals surface area contributed by atoms with E-state index in [0.29, 0.717) is 37.2 Å². The highest BCUT2D eigenvalue weighted by Gasteiger charge is 2.24. The summed E-state index contributed by atoms with van der Waals surface area (Å²) in [6, 6.07) is 8.03. The molecule has 0 aliphatic carbocycles. The van der Waals surface area contributed by atoms with Crippen LogP contribution in [0.4, 0.5) is 5.82 Å². The molecule has 1 aliphatic rings. The minimum Gasteiger partial charge on any atom is -0.496 e. The number of aromatic nitrogens is 1. The Morgan fingerprint density at radius 3 is 2.79 bits per heavy atom. The van der Waals surface area contributed by atoms with Crippen LogP contribution in [0, 0.1) is 5.41 Å². The number of carbonyl (C=O) groups excluding carboxylic acids is 2. The molecule has 2 heterocycles. The van der Waals surface area contributed by atoms with Crippen molar-refractivity contribution in [3.8, 4) is 5.75 Å². The molecule has 34 heavy (non-hydrogen) atoms. The highest BCUT2D eigenvalue weighted by atomic mass is 16.5. The van der Waals surface area contributed by atoms with E-state index in [-0.39, 0.29) is 29.9 Å². The Kier molecular flexibility index (Phi) is 8.19. The molecule has 182 valence electrons. The summed E-state index contributed by atoms with van der Waals surface area (Å²) in [5, 5.41) is 21.4. The van der Waals surface area contributed by atoms with Gasteiger partial charge in [0, 0.05) is 19.5 Å². The Morgan fingerprint density at radius 2 is 2.12 bits per heavy atom. The number of nitrogens with two attached hydrogens (primary N) is 1. The number of methoxy groups -OCH3 is 1. The minimum absolute atomic E-state index is 0.0825. The number of aliphatic hydroxyl groups is 1. The van der Waals surface area contributed by atoms with E-state index in [2.05, 4.69) is 10.3 Å². The number of hydrogen-bond acceptors (Lipinski definition) is 7. The van der Waals surface area contributed by atoms with E-state index < -0.39 is 11.9 Å². The maximum atomic E-state index is 13.1. The van der Waals surface area contributed by atoms with Crippen LogP contribution < -0.4 is 15.9 Å². The minimum atomic E-state index is -0.462. The standard InChI is InChI=1S/C24H32N6O4/c1-4-6-22(32)29-10-9-16-12-20(34-3)18(11-17(16)13-29)24(33)28-21-8-5-7-19(27-21)23(25)30(26)15(2)14-31/h5,7-8,11-12,15,25,31H,4,6,9-10,13-14,26H2,1-3H3,(H,27,28,33). The summed E-state index contributed by atoms with van der Waals surface area (Å²) in [4.78, 5) is 31.6. The van der Waals surface area contributed by atoms with Crippen LogP contribution in [0.15, 0.2) is 30.3 Å². The number of hydrazine groups is 1. The SMILES string of the molecule is CCCC(=O)N1CCc2cc(OC)c(C(=O)Nc3cccc(C(=N)N(N)C(C)CO)n3)cc2C1. The van der Waals surface area contributed by atoms with Crippen molar-refractivity contribution in [2.45, 2.75) is 45.7 Å². The highest BCUT2D eigenvalue weighted by molar-refractivity contribution is 6.06. The summed E-state index contributed by atoms with van der Waals surface area (Å²) < 4.78 is 5.47. The number of hydrogen-bond donors (Lipinski definition) is 4. The number of fused-ring (bicyclic) bond motifs is 1. The summed E-state index contributed by atoms with van der Waals surface area (Å²) in [6.45, 7) is 4.55. The fourth-order valence-electron chi connectivity index (χ4n) is 3.78. The number of pyridine rings is 1. The van der Waals surface area contributed by atoms with Crippen molar-refractivity contribution >= 4 is 23.5 Å². The van der Waals surface area contributed by atoms with Crippen molar-refractivity contribution < 1.29 is 19.4 Å². The van der Waals surface area contributed by atoms with Gasteiger partial charge >= 0.3 is 0 Å². The van der Waals surface area contributed by atoms with Gasteiger partial charge in [-0.1, -0.05) is 13.0 Å². The number of rotatable bonds is 8. The van der Waals surface area contributed by atoms with E-state index in [0.717, 1.165) is 22.6 Å². The van der Waals surface area contributed by atoms with E-state index in [1.165, 1.54) is 7.11 Å². The number of amides is 2. The Bertz CT molecular complexity index is 1070. The first-order valence-electron chi connectivity index (χ1n) is 11.3. The van der Waals surface area contributed by atoms with E-state index in [9.17, 15) is 14.7 Å². The van der Waals surface area contributed by atoms with Gasteiger partial charge < -0.3 is 20.1 Å². The Labute approximate surface area is 199 Å². The first-order chi connectivity index (χ1) is 16.3. The normalized spacial score (nSPS) is 13.6. The van der Waals surface area contributed by atoms with Crippen molar-refractivity contribution in [3.63, 3.8) is 0 Å². The molecule has 0 radical (unpaired) electrons. The number of nitrogens with one attached hydrogen (secondary N) is 2. The number of amidine groups is 1. The molecule has 1 aliphatic heterocycles. The van der Waals surface area contributed by atoms with Gasteiger partial charge in [-0.25, -0.2) is 10.8 Å². The first-order valence-corrected chi connectivity index (χ1v) is 11.3. The van der Waals surface area contributed by atoms with Crippen molar-refractivity contribution in [1.82, 2.24) is 14.9 Å². The van der Waals surface area contributed by atoms with Gasteiger partial charge in [-0.15, -0.1) is 0 Å². The quantitative estimate of drug-likeness (QED) is 0.200. The lowest BCUT2D eigenvalue weighted by Gasteiger charge is -2.29. The van der Waals surface area contributed by atoms with E-state index in [1.54, 1.807) is 31.2 Å². The van der Waals surface area contributed by atoms with Crippen molar-refractivity contribution in [1.29, 1.82) is 5.41 Å². The molecule has 2 amide bonds. The monoisotopic (exact) mass is 468 g/mol. The molecule has 5 N–H and O–H groups in total. The van der Waals surface area contributed by atoms with Crippen LogP contribution >= 0.6 is 0 Å². The first kappa shape index (κ1) is 25.1. The maximum Gasteiger partial charge on any atom is 0.260 e. The molecule has 2 aromatic rings. The number of carbonyl (C=O) groups is 2. The van der Waals surface area contributed by atoms with Crippen molar-refractivity contribution in [3.05, 3.63) is 52.7 Å². The van der Waals surface area contributed by atoms with Gasteiger partial charge in [0.1, 0.15) is 17.3 Å². The number of ether oxygens (including phenoxy) is 1. The lowest BCUT2D eigenvalue weighted by molar-refractivity contribution is -0.132. The summed E-state index contributed by atoms with van der Waals surface area (Å²) in [5.74, 6) is 6.18. The second-order valence-electron chi connectivity index (χ2n) is 8.29. The molecule has 10 nitrogen and oxygen atoms in total. The molecule has 0 saturated carbocycles. The van der Waals surface area contributed by atoms with Crippen LogP contribution in [-0.4, -0.2) is 64.0 Å². The van der Waals surface area contributed by atoms with E-state index in [1.807, 2.05) is 17.9 Å². The van der Waals surface area contributed by atoms with Gasteiger partial charge in [-0.2, -0.15) is 0 Å². The molecule has 0 fully saturated rings. The number of aliphatic hydroxyl groups excluding tert-OH is 1. The third kappa shape index (κ3) is 5.52. The van der Waals surface area contributed by atoms with Crippen LogP contribution in [0.25, 0.3) is 0 Å². The van der Waals surface area contributed by atoms with Crippen LogP contribution in [-0.2, 0) is 17.8 Å². The maximum absolute atomic E-state index is 13.1. The average Bonchev–Trinajstić information content (AvgIpc) is 2.86. The lowest BCUT2D eigenvalue weighted by Crippen LogP contribution is -2.46. The molecule has 1 aromatic heterocycles. The zero-order valence-corrected chi connectivity index (χ0v) is 19.8. The molecule has 1 unspecified atom stereocenters. The second-order valence-corrected chi connectivity index (χ2v) is 8.29. The molecule has 3 rings (SSSR count). The van der Waals surface area contributed by atoms with E-state index >= 15 is 0 Å². The van der Waals surface area contributed by atoms with Gasteiger partial charge in [-0.3, -0.25) is 20.0 Å². The topological polar surface area (TPSA) is 145 Å². The van der Waals surface area contributed by atoms with Crippen LogP contribution in [0.5, 0.6) is 5.75 Å². The fourth-order valence-corrected chi connectivity index (χ4v) is 3.78. The smallest absolute Gasteiger partial charge is 0.260 e. The summed E-state index contributed by atoms with van der Waals surface area (Å²) in [7, 11) is 1.51. The van der Waals surface area contributed by atoms with Gasteiger partial charge in [0.25, 0.3) is 5.91 Å². The molecule has 1 aromatic carbocycles. The molecule has 0 spiro atoms. The predicted octanol–water partition coefficient (Wildman–Crippen LogP) is 1.91.